The fourth-order valence-electron chi connectivity index (χ4n) is 4.32. The first kappa shape index (κ1) is 22.1. The SMILES string of the molecule is CS(=O)(=O)c1ccc(-c2cn3c4c(nc3cc2F)C(=O)C[C@@H]4c2ccccc2OC(F)F)cc1. The topological polar surface area (TPSA) is 77.7 Å². The van der Waals surface area contributed by atoms with Gasteiger partial charge in [0, 0.05) is 42.0 Å². The Bertz CT molecular complexity index is 1550. The first-order valence-electron chi connectivity index (χ1n) is 10.2. The fraction of sp³-hybridized carbons (Fsp3) is 0.167. The molecule has 4 aromatic rings. The molecular weight excluding hydrogens is 469 g/mol. The van der Waals surface area contributed by atoms with Gasteiger partial charge in [-0.1, -0.05) is 30.3 Å². The molecule has 5 rings (SSSR count). The molecule has 10 heteroatoms. The lowest BCUT2D eigenvalue weighted by Crippen LogP contribution is -2.08. The molecule has 1 aliphatic carbocycles. The maximum atomic E-state index is 15.0. The lowest BCUT2D eigenvalue weighted by molar-refractivity contribution is -0.0505. The number of ketones is 1. The number of ether oxygens (including phenoxy) is 1. The van der Waals surface area contributed by atoms with Gasteiger partial charge in [0.15, 0.2) is 15.6 Å². The summed E-state index contributed by atoms with van der Waals surface area (Å²) in [6, 6.07) is 13.2. The Labute approximate surface area is 192 Å². The van der Waals surface area contributed by atoms with Crippen LogP contribution in [-0.2, 0) is 9.84 Å². The van der Waals surface area contributed by atoms with Crippen molar-refractivity contribution in [2.24, 2.45) is 0 Å². The van der Waals surface area contributed by atoms with Crippen molar-refractivity contribution in [2.75, 3.05) is 6.26 Å². The summed E-state index contributed by atoms with van der Waals surface area (Å²) < 4.78 is 70.6. The Morgan fingerprint density at radius 1 is 1.12 bits per heavy atom. The highest BCUT2D eigenvalue weighted by Crippen LogP contribution is 2.42. The van der Waals surface area contributed by atoms with Gasteiger partial charge in [0.05, 0.1) is 10.6 Å². The summed E-state index contributed by atoms with van der Waals surface area (Å²) in [5.74, 6) is -1.54. The summed E-state index contributed by atoms with van der Waals surface area (Å²) in [5, 5.41) is 0. The van der Waals surface area contributed by atoms with Crippen molar-refractivity contribution in [1.29, 1.82) is 0 Å². The zero-order chi connectivity index (χ0) is 24.2. The minimum Gasteiger partial charge on any atom is -0.435 e. The van der Waals surface area contributed by atoms with E-state index in [-0.39, 0.29) is 39.8 Å². The Morgan fingerprint density at radius 3 is 2.50 bits per heavy atom. The van der Waals surface area contributed by atoms with Gasteiger partial charge in [0.2, 0.25) is 0 Å². The molecule has 0 radical (unpaired) electrons. The molecule has 0 fully saturated rings. The fourth-order valence-corrected chi connectivity index (χ4v) is 4.95. The van der Waals surface area contributed by atoms with E-state index in [0.717, 1.165) is 6.26 Å². The van der Waals surface area contributed by atoms with Crippen LogP contribution < -0.4 is 4.74 Å². The summed E-state index contributed by atoms with van der Waals surface area (Å²) in [4.78, 5) is 17.1. The van der Waals surface area contributed by atoms with Crippen LogP contribution in [0.1, 0.15) is 34.1 Å². The van der Waals surface area contributed by atoms with Gasteiger partial charge in [0.1, 0.15) is 22.9 Å². The van der Waals surface area contributed by atoms with Crippen molar-refractivity contribution >= 4 is 21.3 Å². The van der Waals surface area contributed by atoms with Crippen LogP contribution in [0.3, 0.4) is 0 Å². The summed E-state index contributed by atoms with van der Waals surface area (Å²) in [6.45, 7) is -3.03. The predicted molar refractivity (Wildman–Crippen MR) is 118 cm³/mol. The number of hydrogen-bond acceptors (Lipinski definition) is 5. The molecule has 0 spiro atoms. The molecule has 2 aromatic heterocycles. The summed E-state index contributed by atoms with van der Waals surface area (Å²) >= 11 is 0. The Morgan fingerprint density at radius 2 is 1.82 bits per heavy atom. The number of carbonyl (C=O) groups excluding carboxylic acids is 1. The third-order valence-corrected chi connectivity index (χ3v) is 6.96. The number of alkyl halides is 2. The number of benzene rings is 2. The average molecular weight is 486 g/mol. The second-order valence-corrected chi connectivity index (χ2v) is 10.0. The summed E-state index contributed by atoms with van der Waals surface area (Å²) in [5.41, 5.74) is 1.81. The number of fused-ring (bicyclic) bond motifs is 3. The molecule has 0 N–H and O–H groups in total. The van der Waals surface area contributed by atoms with Crippen molar-refractivity contribution < 1.29 is 31.1 Å². The molecule has 2 aromatic carbocycles. The number of sulfone groups is 1. The molecule has 174 valence electrons. The van der Waals surface area contributed by atoms with Crippen molar-refractivity contribution in [3.63, 3.8) is 0 Å². The molecule has 34 heavy (non-hydrogen) atoms. The zero-order valence-electron chi connectivity index (χ0n) is 17.7. The Balaban J connectivity index is 1.66. The number of nitrogens with zero attached hydrogens (tertiary/aromatic N) is 2. The molecule has 0 aliphatic heterocycles. The van der Waals surface area contributed by atoms with Crippen LogP contribution in [0.2, 0.25) is 0 Å². The molecule has 2 heterocycles. The molecular formula is C24H17F3N2O4S. The van der Waals surface area contributed by atoms with E-state index in [1.54, 1.807) is 22.6 Å². The number of pyridine rings is 1. The first-order chi connectivity index (χ1) is 16.1. The van der Waals surface area contributed by atoms with E-state index in [1.165, 1.54) is 42.6 Å². The Hall–Kier alpha value is -3.66. The summed E-state index contributed by atoms with van der Waals surface area (Å²) in [6.07, 6.45) is 2.57. The molecule has 0 amide bonds. The van der Waals surface area contributed by atoms with Crippen LogP contribution in [0.4, 0.5) is 13.2 Å². The largest absolute Gasteiger partial charge is 0.435 e. The molecule has 1 aliphatic rings. The maximum Gasteiger partial charge on any atom is 0.387 e. The van der Waals surface area contributed by atoms with Crippen LogP contribution in [-0.4, -0.2) is 36.5 Å². The first-order valence-corrected chi connectivity index (χ1v) is 12.1. The Kier molecular flexibility index (Phi) is 5.20. The van der Waals surface area contributed by atoms with E-state index in [9.17, 15) is 26.4 Å². The highest BCUT2D eigenvalue weighted by Gasteiger charge is 2.37. The van der Waals surface area contributed by atoms with E-state index in [4.69, 9.17) is 0 Å². The number of Topliss-reactive ketones (excluding diaryl/α,β-unsaturated/α-hetero) is 1. The number of halogens is 3. The minimum absolute atomic E-state index is 0.0139. The van der Waals surface area contributed by atoms with E-state index in [0.29, 0.717) is 16.8 Å². The van der Waals surface area contributed by atoms with Crippen LogP contribution in [0, 0.1) is 5.82 Å². The molecule has 0 unspecified atom stereocenters. The number of hydrogen-bond donors (Lipinski definition) is 0. The van der Waals surface area contributed by atoms with E-state index in [2.05, 4.69) is 9.72 Å². The van der Waals surface area contributed by atoms with Gasteiger partial charge in [0.25, 0.3) is 0 Å². The van der Waals surface area contributed by atoms with Crippen molar-refractivity contribution in [2.45, 2.75) is 23.8 Å². The van der Waals surface area contributed by atoms with Gasteiger partial charge in [-0.2, -0.15) is 8.78 Å². The smallest absolute Gasteiger partial charge is 0.387 e. The standard InChI is InChI=1S/C24H17F3N2O4S/c1-34(31,32)14-8-6-13(7-9-14)17-12-29-21(11-18(17)25)28-22-19(30)10-16(23(22)29)15-4-2-3-5-20(15)33-24(26)27/h2-9,11-12,16,24H,10H2,1H3/t16-/m1/s1. The second-order valence-electron chi connectivity index (χ2n) is 8.00. The van der Waals surface area contributed by atoms with Crippen molar-refractivity contribution in [3.05, 3.63) is 83.6 Å². The number of imidazole rings is 1. The highest BCUT2D eigenvalue weighted by atomic mass is 32.2. The van der Waals surface area contributed by atoms with Crippen LogP contribution in [0.25, 0.3) is 16.8 Å². The van der Waals surface area contributed by atoms with E-state index in [1.807, 2.05) is 0 Å². The van der Waals surface area contributed by atoms with Gasteiger partial charge in [-0.15, -0.1) is 0 Å². The summed E-state index contributed by atoms with van der Waals surface area (Å²) in [7, 11) is -3.41. The maximum absolute atomic E-state index is 15.0. The average Bonchev–Trinajstić information content (AvgIpc) is 3.29. The van der Waals surface area contributed by atoms with Crippen molar-refractivity contribution in [1.82, 2.24) is 9.38 Å². The molecule has 0 saturated carbocycles. The number of carbonyl (C=O) groups is 1. The van der Waals surface area contributed by atoms with Gasteiger partial charge in [-0.3, -0.25) is 4.79 Å². The van der Waals surface area contributed by atoms with Gasteiger partial charge in [-0.05, 0) is 23.8 Å². The number of para-hydroxylation sites is 1. The minimum atomic E-state index is -3.41. The lowest BCUT2D eigenvalue weighted by Gasteiger charge is -2.17. The zero-order valence-corrected chi connectivity index (χ0v) is 18.5. The van der Waals surface area contributed by atoms with Gasteiger partial charge in [-0.25, -0.2) is 17.8 Å². The van der Waals surface area contributed by atoms with E-state index < -0.39 is 28.2 Å². The third-order valence-electron chi connectivity index (χ3n) is 5.83. The van der Waals surface area contributed by atoms with Crippen LogP contribution >= 0.6 is 0 Å². The second kappa shape index (κ2) is 7.98. The predicted octanol–water partition coefficient (Wildman–Crippen LogP) is 4.86. The molecule has 6 nitrogen and oxygen atoms in total. The van der Waals surface area contributed by atoms with Gasteiger partial charge >= 0.3 is 6.61 Å². The number of rotatable bonds is 5. The normalized spacial score (nSPS) is 15.8. The molecule has 1 atom stereocenters. The monoisotopic (exact) mass is 486 g/mol. The highest BCUT2D eigenvalue weighted by molar-refractivity contribution is 7.90. The van der Waals surface area contributed by atoms with Gasteiger partial charge < -0.3 is 9.14 Å². The molecule has 0 saturated heterocycles. The number of aromatic nitrogens is 2. The van der Waals surface area contributed by atoms with E-state index >= 15 is 0 Å². The molecule has 0 bridgehead atoms. The quantitative estimate of drug-likeness (QED) is 0.403. The van der Waals surface area contributed by atoms with Crippen LogP contribution in [0.15, 0.2) is 65.7 Å². The van der Waals surface area contributed by atoms with Crippen LogP contribution in [0.5, 0.6) is 5.75 Å². The lowest BCUT2D eigenvalue weighted by atomic mass is 9.95. The van der Waals surface area contributed by atoms with Crippen molar-refractivity contribution in [3.8, 4) is 16.9 Å². The third kappa shape index (κ3) is 3.73.